The van der Waals surface area contributed by atoms with Gasteiger partial charge in [0, 0.05) is 6.42 Å². The number of hydrogen-bond donors (Lipinski definition) is 1. The van der Waals surface area contributed by atoms with E-state index in [1.54, 1.807) is 12.1 Å². The Bertz CT molecular complexity index is 746. The zero-order valence-corrected chi connectivity index (χ0v) is 10.1. The predicted octanol–water partition coefficient (Wildman–Crippen LogP) is 2.71. The molecule has 0 aliphatic heterocycles. The lowest BCUT2D eigenvalue weighted by atomic mass is 10.1. The van der Waals surface area contributed by atoms with Crippen molar-refractivity contribution in [2.24, 2.45) is 0 Å². The summed E-state index contributed by atoms with van der Waals surface area (Å²) in [5, 5.41) is 1.84. The van der Waals surface area contributed by atoms with E-state index in [4.69, 9.17) is 0 Å². The lowest BCUT2D eigenvalue weighted by molar-refractivity contribution is 0.627. The molecule has 1 N–H and O–H groups in total. The van der Waals surface area contributed by atoms with Crippen LogP contribution in [0.1, 0.15) is 11.4 Å². The fourth-order valence-corrected chi connectivity index (χ4v) is 2.53. The van der Waals surface area contributed by atoms with Gasteiger partial charge in [0.1, 0.15) is 16.3 Å². The average molecular weight is 260 g/mol. The molecule has 0 saturated carbocycles. The molecule has 0 saturated heterocycles. The molecule has 2 aromatic heterocycles. The molecule has 0 aliphatic carbocycles. The van der Waals surface area contributed by atoms with Crippen LogP contribution in [-0.4, -0.2) is 9.97 Å². The van der Waals surface area contributed by atoms with Crippen molar-refractivity contribution in [3.8, 4) is 0 Å². The number of benzene rings is 1. The van der Waals surface area contributed by atoms with Crippen molar-refractivity contribution in [2.75, 3.05) is 0 Å². The Morgan fingerprint density at radius 1 is 1.22 bits per heavy atom. The molecule has 1 aromatic carbocycles. The second kappa shape index (κ2) is 4.34. The Hall–Kier alpha value is -2.01. The van der Waals surface area contributed by atoms with Gasteiger partial charge in [-0.2, -0.15) is 0 Å². The van der Waals surface area contributed by atoms with Crippen molar-refractivity contribution < 1.29 is 4.39 Å². The summed E-state index contributed by atoms with van der Waals surface area (Å²) < 4.78 is 13.4. The minimum Gasteiger partial charge on any atom is -0.309 e. The fourth-order valence-electron chi connectivity index (χ4n) is 1.80. The van der Waals surface area contributed by atoms with Crippen molar-refractivity contribution in [3.63, 3.8) is 0 Å². The van der Waals surface area contributed by atoms with E-state index in [-0.39, 0.29) is 11.4 Å². The van der Waals surface area contributed by atoms with Gasteiger partial charge in [-0.25, -0.2) is 9.37 Å². The second-order valence-electron chi connectivity index (χ2n) is 3.95. The predicted molar refractivity (Wildman–Crippen MR) is 69.4 cm³/mol. The van der Waals surface area contributed by atoms with Crippen LogP contribution in [0.2, 0.25) is 0 Å². The Morgan fingerprint density at radius 3 is 2.78 bits per heavy atom. The van der Waals surface area contributed by atoms with Crippen LogP contribution in [0.3, 0.4) is 0 Å². The maximum absolute atomic E-state index is 12.8. The summed E-state index contributed by atoms with van der Waals surface area (Å²) in [6.45, 7) is 0. The van der Waals surface area contributed by atoms with Gasteiger partial charge in [0.05, 0.1) is 5.52 Å². The van der Waals surface area contributed by atoms with Gasteiger partial charge in [-0.1, -0.05) is 12.1 Å². The van der Waals surface area contributed by atoms with E-state index in [1.807, 2.05) is 11.4 Å². The SMILES string of the molecule is O=c1[nH]c(Cc2ccc(F)cc2)nc2ccsc12. The first-order chi connectivity index (χ1) is 8.72. The summed E-state index contributed by atoms with van der Waals surface area (Å²) in [6, 6.07) is 8.00. The highest BCUT2D eigenvalue weighted by molar-refractivity contribution is 7.17. The quantitative estimate of drug-likeness (QED) is 0.770. The Labute approximate surface area is 106 Å². The molecule has 90 valence electrons. The van der Waals surface area contributed by atoms with Crippen LogP contribution < -0.4 is 5.56 Å². The van der Waals surface area contributed by atoms with Gasteiger partial charge in [0.2, 0.25) is 0 Å². The number of aromatic nitrogens is 2. The van der Waals surface area contributed by atoms with Gasteiger partial charge in [0.25, 0.3) is 5.56 Å². The lowest BCUT2D eigenvalue weighted by Crippen LogP contribution is -2.10. The summed E-state index contributed by atoms with van der Waals surface area (Å²) in [5.74, 6) is 0.325. The number of aromatic amines is 1. The van der Waals surface area contributed by atoms with E-state index >= 15 is 0 Å². The molecular formula is C13H9FN2OS. The minimum atomic E-state index is -0.270. The minimum absolute atomic E-state index is 0.118. The number of nitrogens with one attached hydrogen (secondary N) is 1. The van der Waals surface area contributed by atoms with E-state index in [2.05, 4.69) is 9.97 Å². The normalized spacial score (nSPS) is 10.9. The highest BCUT2D eigenvalue weighted by Gasteiger charge is 2.05. The van der Waals surface area contributed by atoms with Gasteiger partial charge in [-0.15, -0.1) is 11.3 Å². The summed E-state index contributed by atoms with van der Waals surface area (Å²) in [7, 11) is 0. The molecule has 3 rings (SSSR count). The molecule has 0 bridgehead atoms. The number of H-pyrrole nitrogens is 1. The zero-order valence-electron chi connectivity index (χ0n) is 9.31. The molecule has 18 heavy (non-hydrogen) atoms. The third-order valence-corrected chi connectivity index (χ3v) is 3.55. The van der Waals surface area contributed by atoms with Gasteiger partial charge in [0.15, 0.2) is 0 Å². The highest BCUT2D eigenvalue weighted by atomic mass is 32.1. The van der Waals surface area contributed by atoms with Crippen molar-refractivity contribution in [3.05, 3.63) is 63.3 Å². The van der Waals surface area contributed by atoms with Gasteiger partial charge in [-0.3, -0.25) is 4.79 Å². The molecule has 0 unspecified atom stereocenters. The molecule has 0 amide bonds. The van der Waals surface area contributed by atoms with Crippen LogP contribution in [0.5, 0.6) is 0 Å². The Balaban J connectivity index is 1.99. The maximum atomic E-state index is 12.8. The van der Waals surface area contributed by atoms with Crippen molar-refractivity contribution >= 4 is 21.6 Å². The lowest BCUT2D eigenvalue weighted by Gasteiger charge is -2.01. The van der Waals surface area contributed by atoms with Crippen LogP contribution in [0.15, 0.2) is 40.5 Å². The molecule has 0 radical (unpaired) electrons. The monoisotopic (exact) mass is 260 g/mol. The fraction of sp³-hybridized carbons (Fsp3) is 0.0769. The van der Waals surface area contributed by atoms with Gasteiger partial charge < -0.3 is 4.98 Å². The maximum Gasteiger partial charge on any atom is 0.268 e. The first-order valence-corrected chi connectivity index (χ1v) is 6.31. The smallest absolute Gasteiger partial charge is 0.268 e. The van der Waals surface area contributed by atoms with Crippen molar-refractivity contribution in [1.29, 1.82) is 0 Å². The first kappa shape index (κ1) is 11.1. The zero-order chi connectivity index (χ0) is 12.5. The number of hydrogen-bond acceptors (Lipinski definition) is 3. The number of nitrogens with zero attached hydrogens (tertiary/aromatic N) is 1. The largest absolute Gasteiger partial charge is 0.309 e. The first-order valence-electron chi connectivity index (χ1n) is 5.43. The Kier molecular flexibility index (Phi) is 2.68. The molecule has 3 nitrogen and oxygen atoms in total. The van der Waals surface area contributed by atoms with Crippen LogP contribution in [0.4, 0.5) is 4.39 Å². The van der Waals surface area contributed by atoms with E-state index in [0.717, 1.165) is 5.56 Å². The van der Waals surface area contributed by atoms with E-state index < -0.39 is 0 Å². The third kappa shape index (κ3) is 2.04. The number of thiophene rings is 1. The van der Waals surface area contributed by atoms with Crippen molar-refractivity contribution in [1.82, 2.24) is 9.97 Å². The Morgan fingerprint density at radius 2 is 2.00 bits per heavy atom. The summed E-state index contributed by atoms with van der Waals surface area (Å²) in [5.41, 5.74) is 1.50. The molecular weight excluding hydrogens is 251 g/mol. The van der Waals surface area contributed by atoms with E-state index in [9.17, 15) is 9.18 Å². The van der Waals surface area contributed by atoms with Gasteiger partial charge >= 0.3 is 0 Å². The molecule has 2 heterocycles. The van der Waals surface area contributed by atoms with Crippen LogP contribution >= 0.6 is 11.3 Å². The summed E-state index contributed by atoms with van der Waals surface area (Å²) in [6.07, 6.45) is 0.487. The number of halogens is 1. The van der Waals surface area contributed by atoms with Crippen LogP contribution in [-0.2, 0) is 6.42 Å². The van der Waals surface area contributed by atoms with E-state index in [0.29, 0.717) is 22.5 Å². The summed E-state index contributed by atoms with van der Waals surface area (Å²) in [4.78, 5) is 18.9. The molecule has 0 aliphatic rings. The molecule has 3 aromatic rings. The van der Waals surface area contributed by atoms with Crippen LogP contribution in [0, 0.1) is 5.82 Å². The van der Waals surface area contributed by atoms with Crippen molar-refractivity contribution in [2.45, 2.75) is 6.42 Å². The summed E-state index contributed by atoms with van der Waals surface area (Å²) >= 11 is 1.38. The highest BCUT2D eigenvalue weighted by Crippen LogP contribution is 2.15. The van der Waals surface area contributed by atoms with Gasteiger partial charge in [-0.05, 0) is 29.1 Å². The number of rotatable bonds is 2. The molecule has 0 atom stereocenters. The second-order valence-corrected chi connectivity index (χ2v) is 4.87. The molecule has 0 spiro atoms. The number of fused-ring (bicyclic) bond motifs is 1. The van der Waals surface area contributed by atoms with E-state index in [1.165, 1.54) is 23.5 Å². The topological polar surface area (TPSA) is 45.8 Å². The molecule has 5 heteroatoms. The van der Waals surface area contributed by atoms with Crippen LogP contribution in [0.25, 0.3) is 10.2 Å². The standard InChI is InChI=1S/C13H9FN2OS/c14-9-3-1-8(2-4-9)7-11-15-10-5-6-18-12(10)13(17)16-11/h1-6H,7H2,(H,15,16,17). The third-order valence-electron chi connectivity index (χ3n) is 2.65. The molecule has 0 fully saturated rings. The average Bonchev–Trinajstić information content (AvgIpc) is 2.81.